The Bertz CT molecular complexity index is 455. The van der Waals surface area contributed by atoms with Crippen LogP contribution < -0.4 is 5.32 Å². The van der Waals surface area contributed by atoms with E-state index in [-0.39, 0.29) is 11.3 Å². The van der Waals surface area contributed by atoms with Crippen LogP contribution in [-0.4, -0.2) is 18.3 Å². The molecule has 0 saturated heterocycles. The van der Waals surface area contributed by atoms with Crippen LogP contribution in [-0.2, 0) is 0 Å². The first-order valence-corrected chi connectivity index (χ1v) is 7.08. The van der Waals surface area contributed by atoms with Crippen molar-refractivity contribution in [3.05, 3.63) is 34.3 Å². The molecule has 18 heavy (non-hydrogen) atoms. The third-order valence-electron chi connectivity index (χ3n) is 3.63. The highest BCUT2D eigenvalue weighted by Gasteiger charge is 2.41. The normalized spacial score (nSPS) is 16.4. The van der Waals surface area contributed by atoms with E-state index in [1.54, 1.807) is 12.1 Å². The van der Waals surface area contributed by atoms with Crippen LogP contribution >= 0.6 is 23.2 Å². The lowest BCUT2D eigenvalue weighted by Gasteiger charge is -2.14. The van der Waals surface area contributed by atoms with Crippen LogP contribution in [0.3, 0.4) is 0 Å². The van der Waals surface area contributed by atoms with Crippen molar-refractivity contribution in [1.82, 2.24) is 5.32 Å². The Kier molecular flexibility index (Phi) is 4.18. The Morgan fingerprint density at radius 2 is 2.17 bits per heavy atom. The number of hydrogen-bond acceptors (Lipinski definition) is 1. The van der Waals surface area contributed by atoms with Crippen LogP contribution in [0.15, 0.2) is 18.2 Å². The molecule has 4 heteroatoms. The summed E-state index contributed by atoms with van der Waals surface area (Å²) in [6.07, 6.45) is 3.31. The molecule has 0 aromatic heterocycles. The van der Waals surface area contributed by atoms with Crippen molar-refractivity contribution in [2.24, 2.45) is 5.41 Å². The van der Waals surface area contributed by atoms with Gasteiger partial charge in [-0.15, -0.1) is 11.6 Å². The number of carbonyl (C=O) groups excluding carboxylic acids is 1. The fraction of sp³-hybridized carbons (Fsp3) is 0.500. The Hall–Kier alpha value is -0.730. The monoisotopic (exact) mass is 285 g/mol. The molecule has 0 radical (unpaired) electrons. The molecule has 1 N–H and O–H groups in total. The molecule has 0 bridgehead atoms. The van der Waals surface area contributed by atoms with Gasteiger partial charge in [0.2, 0.25) is 0 Å². The minimum absolute atomic E-state index is 0.0318. The highest BCUT2D eigenvalue weighted by atomic mass is 35.5. The Balaban J connectivity index is 1.93. The number of alkyl halides is 1. The summed E-state index contributed by atoms with van der Waals surface area (Å²) in [7, 11) is 0. The summed E-state index contributed by atoms with van der Waals surface area (Å²) in [4.78, 5) is 12.0. The van der Waals surface area contributed by atoms with E-state index in [0.717, 1.165) is 18.5 Å². The molecular weight excluding hydrogens is 269 g/mol. The highest BCUT2D eigenvalue weighted by molar-refractivity contribution is 6.31. The van der Waals surface area contributed by atoms with Gasteiger partial charge < -0.3 is 5.32 Å². The number of benzene rings is 1. The van der Waals surface area contributed by atoms with E-state index in [9.17, 15) is 4.79 Å². The largest absolute Gasteiger partial charge is 0.351 e. The number of halogens is 2. The second-order valence-corrected chi connectivity index (χ2v) is 5.87. The maximum absolute atomic E-state index is 12.0. The van der Waals surface area contributed by atoms with E-state index in [1.165, 1.54) is 12.8 Å². The predicted molar refractivity (Wildman–Crippen MR) is 75.5 cm³/mol. The summed E-state index contributed by atoms with van der Waals surface area (Å²) in [6.45, 7) is 2.62. The maximum Gasteiger partial charge on any atom is 0.251 e. The SMILES string of the molecule is Cc1cc(C(=O)NCC2(CCCl)CC2)ccc1Cl. The number of carbonyl (C=O) groups is 1. The molecular formula is C14H17Cl2NO. The molecule has 98 valence electrons. The van der Waals surface area contributed by atoms with E-state index in [2.05, 4.69) is 5.32 Å². The van der Waals surface area contributed by atoms with E-state index in [4.69, 9.17) is 23.2 Å². The van der Waals surface area contributed by atoms with Crippen molar-refractivity contribution >= 4 is 29.1 Å². The number of nitrogens with one attached hydrogen (secondary N) is 1. The summed E-state index contributed by atoms with van der Waals surface area (Å²) < 4.78 is 0. The third kappa shape index (κ3) is 3.18. The van der Waals surface area contributed by atoms with Gasteiger partial charge >= 0.3 is 0 Å². The lowest BCUT2D eigenvalue weighted by atomic mass is 10.0. The summed E-state index contributed by atoms with van der Waals surface area (Å²) in [5.74, 6) is 0.631. The summed E-state index contributed by atoms with van der Waals surface area (Å²) >= 11 is 11.7. The molecule has 0 unspecified atom stereocenters. The van der Waals surface area contributed by atoms with E-state index < -0.39 is 0 Å². The van der Waals surface area contributed by atoms with Crippen molar-refractivity contribution in [3.63, 3.8) is 0 Å². The van der Waals surface area contributed by atoms with Crippen molar-refractivity contribution < 1.29 is 4.79 Å². The van der Waals surface area contributed by atoms with Gasteiger partial charge in [0.15, 0.2) is 0 Å². The van der Waals surface area contributed by atoms with Crippen LogP contribution in [0.4, 0.5) is 0 Å². The molecule has 1 saturated carbocycles. The number of amides is 1. The first-order chi connectivity index (χ1) is 8.56. The first-order valence-electron chi connectivity index (χ1n) is 6.17. The first kappa shape index (κ1) is 13.7. The summed E-state index contributed by atoms with van der Waals surface area (Å²) in [6, 6.07) is 5.34. The molecule has 0 aliphatic heterocycles. The lowest BCUT2D eigenvalue weighted by molar-refractivity contribution is 0.0944. The second kappa shape index (κ2) is 5.50. The van der Waals surface area contributed by atoms with Gasteiger partial charge in [-0.2, -0.15) is 0 Å². The molecule has 1 aromatic carbocycles. The Labute approximate surface area is 118 Å². The van der Waals surface area contributed by atoms with Gasteiger partial charge in [-0.1, -0.05) is 11.6 Å². The molecule has 0 atom stereocenters. The summed E-state index contributed by atoms with van der Waals surface area (Å²) in [5.41, 5.74) is 1.85. The Morgan fingerprint density at radius 1 is 1.44 bits per heavy atom. The molecule has 1 aliphatic carbocycles. The third-order valence-corrected chi connectivity index (χ3v) is 4.24. The average Bonchev–Trinajstić information content (AvgIpc) is 3.11. The quantitative estimate of drug-likeness (QED) is 0.820. The predicted octanol–water partition coefficient (Wildman–Crippen LogP) is 3.79. The van der Waals surface area contributed by atoms with Crippen molar-refractivity contribution in [1.29, 1.82) is 0 Å². The maximum atomic E-state index is 12.0. The smallest absolute Gasteiger partial charge is 0.251 e. The molecule has 0 heterocycles. The van der Waals surface area contributed by atoms with Crippen LogP contribution in [0.25, 0.3) is 0 Å². The lowest BCUT2D eigenvalue weighted by Crippen LogP contribution is -2.30. The minimum Gasteiger partial charge on any atom is -0.351 e. The zero-order valence-corrected chi connectivity index (χ0v) is 11.9. The van der Waals surface area contributed by atoms with Crippen molar-refractivity contribution in [2.45, 2.75) is 26.2 Å². The molecule has 1 aromatic rings. The van der Waals surface area contributed by atoms with Crippen molar-refractivity contribution in [2.75, 3.05) is 12.4 Å². The molecule has 2 nitrogen and oxygen atoms in total. The van der Waals surface area contributed by atoms with E-state index >= 15 is 0 Å². The van der Waals surface area contributed by atoms with Crippen LogP contribution in [0.2, 0.25) is 5.02 Å². The minimum atomic E-state index is -0.0318. The zero-order valence-electron chi connectivity index (χ0n) is 10.4. The molecule has 1 fully saturated rings. The molecule has 1 amide bonds. The molecule has 1 aliphatic rings. The van der Waals surface area contributed by atoms with Gasteiger partial charge in [0, 0.05) is 23.0 Å². The van der Waals surface area contributed by atoms with Crippen molar-refractivity contribution in [3.8, 4) is 0 Å². The average molecular weight is 286 g/mol. The molecule has 2 rings (SSSR count). The fourth-order valence-corrected chi connectivity index (χ4v) is 2.57. The molecule has 0 spiro atoms. The van der Waals surface area contributed by atoms with Gasteiger partial charge in [0.25, 0.3) is 5.91 Å². The number of rotatable bonds is 5. The topological polar surface area (TPSA) is 29.1 Å². The van der Waals surface area contributed by atoms with Crippen LogP contribution in [0.1, 0.15) is 35.2 Å². The van der Waals surface area contributed by atoms with E-state index in [0.29, 0.717) is 16.5 Å². The van der Waals surface area contributed by atoms with Gasteiger partial charge in [0.1, 0.15) is 0 Å². The van der Waals surface area contributed by atoms with Gasteiger partial charge in [-0.25, -0.2) is 0 Å². The highest BCUT2D eigenvalue weighted by Crippen LogP contribution is 2.48. The summed E-state index contributed by atoms with van der Waals surface area (Å²) in [5, 5.41) is 3.68. The van der Waals surface area contributed by atoms with Gasteiger partial charge in [0.05, 0.1) is 0 Å². The van der Waals surface area contributed by atoms with Crippen LogP contribution in [0.5, 0.6) is 0 Å². The van der Waals surface area contributed by atoms with Crippen LogP contribution in [0, 0.1) is 12.3 Å². The van der Waals surface area contributed by atoms with Gasteiger partial charge in [-0.05, 0) is 55.4 Å². The van der Waals surface area contributed by atoms with Gasteiger partial charge in [-0.3, -0.25) is 4.79 Å². The number of aryl methyl sites for hydroxylation is 1. The zero-order chi connectivity index (χ0) is 13.2. The van der Waals surface area contributed by atoms with E-state index in [1.807, 2.05) is 13.0 Å². The fourth-order valence-electron chi connectivity index (χ4n) is 2.05. The number of hydrogen-bond donors (Lipinski definition) is 1. The Morgan fingerprint density at radius 3 is 2.72 bits per heavy atom. The second-order valence-electron chi connectivity index (χ2n) is 5.09. The standard InChI is InChI=1S/C14H17Cl2NO/c1-10-8-11(2-3-12(10)16)13(18)17-9-14(4-5-14)6-7-15/h2-3,8H,4-7,9H2,1H3,(H,17,18).